The molecule has 4 nitrogen and oxygen atoms in total. The van der Waals surface area contributed by atoms with Crippen LogP contribution in [0.25, 0.3) is 0 Å². The van der Waals surface area contributed by atoms with Crippen molar-refractivity contribution < 1.29 is 4.52 Å². The minimum absolute atomic E-state index is 0.337. The van der Waals surface area contributed by atoms with Crippen LogP contribution >= 0.6 is 0 Å². The molecule has 0 amide bonds. The summed E-state index contributed by atoms with van der Waals surface area (Å²) in [5.74, 6) is 0.937. The van der Waals surface area contributed by atoms with Crippen molar-refractivity contribution in [2.24, 2.45) is 5.73 Å². The third-order valence-electron chi connectivity index (χ3n) is 2.37. The second kappa shape index (κ2) is 3.47. The predicted octanol–water partition coefficient (Wildman–Crippen LogP) is 0.516. The summed E-state index contributed by atoms with van der Waals surface area (Å²) >= 11 is 0. The van der Waals surface area contributed by atoms with Crippen molar-refractivity contribution in [2.45, 2.75) is 25.9 Å². The van der Waals surface area contributed by atoms with Gasteiger partial charge in [0.15, 0.2) is 5.76 Å². The van der Waals surface area contributed by atoms with Crippen LogP contribution in [-0.4, -0.2) is 29.2 Å². The van der Waals surface area contributed by atoms with Crippen molar-refractivity contribution in [3.05, 3.63) is 17.5 Å². The zero-order valence-corrected chi connectivity index (χ0v) is 7.86. The molecule has 0 saturated carbocycles. The van der Waals surface area contributed by atoms with Gasteiger partial charge in [-0.15, -0.1) is 0 Å². The van der Waals surface area contributed by atoms with Crippen molar-refractivity contribution in [2.75, 3.05) is 13.1 Å². The molecule has 1 aromatic rings. The highest BCUT2D eigenvalue weighted by atomic mass is 16.5. The summed E-state index contributed by atoms with van der Waals surface area (Å²) in [4.78, 5) is 2.30. The maximum Gasteiger partial charge on any atom is 0.150 e. The van der Waals surface area contributed by atoms with Crippen LogP contribution in [0.2, 0.25) is 0 Å². The SMILES string of the molecule is Cc1cc(CN2CC[C@H](N)C2)on1. The van der Waals surface area contributed by atoms with E-state index in [0.717, 1.165) is 37.5 Å². The van der Waals surface area contributed by atoms with Gasteiger partial charge in [0, 0.05) is 25.2 Å². The molecule has 0 aliphatic carbocycles. The molecule has 72 valence electrons. The van der Waals surface area contributed by atoms with E-state index in [4.69, 9.17) is 10.3 Å². The summed E-state index contributed by atoms with van der Waals surface area (Å²) in [6, 6.07) is 2.31. The molecule has 0 bridgehead atoms. The van der Waals surface area contributed by atoms with Gasteiger partial charge in [-0.2, -0.15) is 0 Å². The van der Waals surface area contributed by atoms with Gasteiger partial charge in [-0.05, 0) is 13.3 Å². The standard InChI is InChI=1S/C9H15N3O/c1-7-4-9(13-11-7)6-12-3-2-8(10)5-12/h4,8H,2-3,5-6,10H2,1H3/t8-/m0/s1. The molecule has 2 N–H and O–H groups in total. The molecule has 1 saturated heterocycles. The number of nitrogens with zero attached hydrogens (tertiary/aromatic N) is 2. The summed E-state index contributed by atoms with van der Waals surface area (Å²) in [7, 11) is 0. The second-order valence-corrected chi connectivity index (χ2v) is 3.72. The van der Waals surface area contributed by atoms with Crippen LogP contribution in [0.1, 0.15) is 17.9 Å². The molecule has 1 aliphatic rings. The van der Waals surface area contributed by atoms with Crippen molar-refractivity contribution in [1.29, 1.82) is 0 Å². The van der Waals surface area contributed by atoms with E-state index < -0.39 is 0 Å². The fourth-order valence-corrected chi connectivity index (χ4v) is 1.72. The van der Waals surface area contributed by atoms with E-state index >= 15 is 0 Å². The van der Waals surface area contributed by atoms with Gasteiger partial charge in [0.25, 0.3) is 0 Å². The number of nitrogens with two attached hydrogens (primary N) is 1. The Hall–Kier alpha value is -0.870. The highest BCUT2D eigenvalue weighted by Crippen LogP contribution is 2.12. The first kappa shape index (κ1) is 8.72. The van der Waals surface area contributed by atoms with Crippen LogP contribution in [0.4, 0.5) is 0 Å². The lowest BCUT2D eigenvalue weighted by molar-refractivity contribution is 0.271. The molecule has 0 radical (unpaired) electrons. The van der Waals surface area contributed by atoms with Crippen LogP contribution in [0, 0.1) is 6.92 Å². The lowest BCUT2D eigenvalue weighted by Crippen LogP contribution is -2.26. The Morgan fingerprint density at radius 1 is 1.77 bits per heavy atom. The highest BCUT2D eigenvalue weighted by Gasteiger charge is 2.19. The zero-order chi connectivity index (χ0) is 9.26. The molecule has 1 aliphatic heterocycles. The molecule has 2 rings (SSSR count). The fourth-order valence-electron chi connectivity index (χ4n) is 1.72. The third-order valence-corrected chi connectivity index (χ3v) is 2.37. The summed E-state index contributed by atoms with van der Waals surface area (Å²) in [5.41, 5.74) is 6.74. The maximum absolute atomic E-state index is 5.80. The number of hydrogen-bond donors (Lipinski definition) is 1. The van der Waals surface area contributed by atoms with Gasteiger partial charge in [0.1, 0.15) is 0 Å². The van der Waals surface area contributed by atoms with Crippen LogP contribution in [-0.2, 0) is 6.54 Å². The minimum atomic E-state index is 0.337. The van der Waals surface area contributed by atoms with E-state index in [9.17, 15) is 0 Å². The van der Waals surface area contributed by atoms with Crippen molar-refractivity contribution >= 4 is 0 Å². The molecule has 2 heterocycles. The highest BCUT2D eigenvalue weighted by molar-refractivity contribution is 5.03. The Kier molecular flexibility index (Phi) is 2.33. The summed E-state index contributed by atoms with van der Waals surface area (Å²) < 4.78 is 5.13. The Bertz CT molecular complexity index is 284. The lowest BCUT2D eigenvalue weighted by Gasteiger charge is -2.11. The largest absolute Gasteiger partial charge is 0.360 e. The van der Waals surface area contributed by atoms with E-state index in [-0.39, 0.29) is 0 Å². The molecule has 1 aromatic heterocycles. The lowest BCUT2D eigenvalue weighted by atomic mass is 10.3. The maximum atomic E-state index is 5.80. The first-order valence-corrected chi connectivity index (χ1v) is 4.64. The minimum Gasteiger partial charge on any atom is -0.360 e. The Morgan fingerprint density at radius 3 is 3.15 bits per heavy atom. The summed E-state index contributed by atoms with van der Waals surface area (Å²) in [6.45, 7) is 4.82. The van der Waals surface area contributed by atoms with Crippen molar-refractivity contribution in [3.8, 4) is 0 Å². The first-order valence-electron chi connectivity index (χ1n) is 4.64. The summed E-state index contributed by atoms with van der Waals surface area (Å²) in [5, 5.41) is 3.84. The Labute approximate surface area is 77.7 Å². The van der Waals surface area contributed by atoms with E-state index in [1.165, 1.54) is 0 Å². The molecule has 1 atom stereocenters. The zero-order valence-electron chi connectivity index (χ0n) is 7.86. The Morgan fingerprint density at radius 2 is 2.62 bits per heavy atom. The van der Waals surface area contributed by atoms with Gasteiger partial charge in [0.05, 0.1) is 12.2 Å². The van der Waals surface area contributed by atoms with Gasteiger partial charge in [-0.1, -0.05) is 5.16 Å². The average Bonchev–Trinajstić information content (AvgIpc) is 2.62. The third kappa shape index (κ3) is 2.08. The van der Waals surface area contributed by atoms with E-state index in [0.29, 0.717) is 6.04 Å². The second-order valence-electron chi connectivity index (χ2n) is 3.72. The van der Waals surface area contributed by atoms with Crippen LogP contribution < -0.4 is 5.73 Å². The van der Waals surface area contributed by atoms with Gasteiger partial charge in [-0.3, -0.25) is 4.90 Å². The summed E-state index contributed by atoms with van der Waals surface area (Å²) in [6.07, 6.45) is 1.09. The van der Waals surface area contributed by atoms with Crippen LogP contribution in [0.3, 0.4) is 0 Å². The quantitative estimate of drug-likeness (QED) is 0.722. The molecule has 13 heavy (non-hydrogen) atoms. The smallest absolute Gasteiger partial charge is 0.150 e. The number of aromatic nitrogens is 1. The number of aryl methyl sites for hydroxylation is 1. The molecule has 1 fully saturated rings. The van der Waals surface area contributed by atoms with Crippen LogP contribution in [0.5, 0.6) is 0 Å². The average molecular weight is 181 g/mol. The fraction of sp³-hybridized carbons (Fsp3) is 0.667. The number of rotatable bonds is 2. The van der Waals surface area contributed by atoms with Crippen molar-refractivity contribution in [1.82, 2.24) is 10.1 Å². The molecule has 0 unspecified atom stereocenters. The van der Waals surface area contributed by atoms with Gasteiger partial charge >= 0.3 is 0 Å². The van der Waals surface area contributed by atoms with Crippen LogP contribution in [0.15, 0.2) is 10.6 Å². The van der Waals surface area contributed by atoms with Gasteiger partial charge in [-0.25, -0.2) is 0 Å². The number of hydrogen-bond acceptors (Lipinski definition) is 4. The van der Waals surface area contributed by atoms with E-state index in [2.05, 4.69) is 10.1 Å². The van der Waals surface area contributed by atoms with Crippen molar-refractivity contribution in [3.63, 3.8) is 0 Å². The predicted molar refractivity (Wildman–Crippen MR) is 49.1 cm³/mol. The monoisotopic (exact) mass is 181 g/mol. The van der Waals surface area contributed by atoms with E-state index in [1.54, 1.807) is 0 Å². The molecule has 4 heteroatoms. The normalized spacial score (nSPS) is 24.0. The molecular weight excluding hydrogens is 166 g/mol. The number of likely N-dealkylation sites (tertiary alicyclic amines) is 1. The van der Waals surface area contributed by atoms with Gasteiger partial charge in [0.2, 0.25) is 0 Å². The topological polar surface area (TPSA) is 55.3 Å². The Balaban J connectivity index is 1.91. The van der Waals surface area contributed by atoms with E-state index in [1.807, 2.05) is 13.0 Å². The molecule has 0 spiro atoms. The first-order chi connectivity index (χ1) is 6.24. The molecule has 0 aromatic carbocycles. The molecular formula is C9H15N3O. The van der Waals surface area contributed by atoms with Gasteiger partial charge < -0.3 is 10.3 Å².